The molecule has 81 heavy (non-hydrogen) atoms. The van der Waals surface area contributed by atoms with Crippen LogP contribution in [-0.4, -0.2) is 89.4 Å². The third kappa shape index (κ3) is 13.0. The molecule has 0 aliphatic carbocycles. The van der Waals surface area contributed by atoms with Gasteiger partial charge < -0.3 is 60.7 Å². The van der Waals surface area contributed by atoms with Gasteiger partial charge in [0.1, 0.15) is 40.9 Å². The number of methoxy groups -OCH3 is 3. The van der Waals surface area contributed by atoms with Crippen molar-refractivity contribution in [3.8, 4) is 51.4 Å². The number of hydrogen-bond donors (Lipinski definition) is 7. The number of primary amides is 1. The van der Waals surface area contributed by atoms with E-state index in [0.29, 0.717) is 40.2 Å². The first-order chi connectivity index (χ1) is 38.5. The molecule has 0 fully saturated rings. The summed E-state index contributed by atoms with van der Waals surface area (Å²) >= 11 is 20.3. The number of ketones is 2. The number of carbonyl (C=O) groups excluding carboxylic acids is 6. The summed E-state index contributed by atoms with van der Waals surface area (Å²) in [5, 5.41) is 43.8. The number of rotatable bonds is 10. The first-order valence-electron chi connectivity index (χ1n) is 26.3. The number of nitrogens with two attached hydrogens (primary N) is 1. The second kappa shape index (κ2) is 25.3. The van der Waals surface area contributed by atoms with Gasteiger partial charge in [0, 0.05) is 47.1 Å². The standard InChI is InChI=1S/C60H64Cl2N4O14S/c1-27(2)14-29(4)58(73)66-54-43(69)20-34(23-51(63)70)59(74)65-53-33-21-48(57(78-7)49(22-33)80-46-13-10-32(56(54)72)19-40(46)62)79-45-12-9-31(18-39(45)61)55(71)38-24-42(68)35(25-50(53)81)30-8-11-44(76-5)37(17-30)52-36(41(26-67)64-60(38)75)15-28(3)16-47(52)77-6/h8-13,15-19,21-22,27,29,34-35,38,41,53-56,67,71-72H,14,20,23-26H2,1-7H3,(H2,63,70)(H,64,75)(H,65,74)(H,66,73)/t29-,34+,35+,38+,41-,53-,54+,55-,56-/m1/s1. The summed E-state index contributed by atoms with van der Waals surface area (Å²) in [6, 6.07) is 15.9. The van der Waals surface area contributed by atoms with Gasteiger partial charge in [-0.05, 0) is 114 Å². The van der Waals surface area contributed by atoms with Crippen molar-refractivity contribution < 1.29 is 67.8 Å². The fourth-order valence-electron chi connectivity index (χ4n) is 10.9. The number of hydrogen-bond acceptors (Lipinski definition) is 15. The minimum atomic E-state index is -1.73. The Bertz CT molecular complexity index is 3320. The van der Waals surface area contributed by atoms with Gasteiger partial charge in [-0.1, -0.05) is 80.5 Å². The van der Waals surface area contributed by atoms with Crippen molar-refractivity contribution in [3.63, 3.8) is 0 Å². The van der Waals surface area contributed by atoms with Crippen LogP contribution in [0.4, 0.5) is 0 Å². The summed E-state index contributed by atoms with van der Waals surface area (Å²) in [7, 11) is 4.27. The lowest BCUT2D eigenvalue weighted by Gasteiger charge is -2.31. The van der Waals surface area contributed by atoms with Crippen molar-refractivity contribution in [2.45, 2.75) is 96.1 Å². The van der Waals surface area contributed by atoms with Crippen molar-refractivity contribution >= 4 is 75.5 Å². The molecule has 4 amide bonds. The van der Waals surface area contributed by atoms with E-state index in [9.17, 15) is 34.5 Å². The number of ether oxygens (including phenoxy) is 5. The van der Waals surface area contributed by atoms with Crippen molar-refractivity contribution in [1.29, 1.82) is 0 Å². The van der Waals surface area contributed by atoms with Gasteiger partial charge in [-0.25, -0.2) is 0 Å². The fraction of sp³-hybridized carbons (Fsp3) is 0.383. The third-order valence-electron chi connectivity index (χ3n) is 14.9. The van der Waals surface area contributed by atoms with Gasteiger partial charge in [0.15, 0.2) is 17.3 Å². The van der Waals surface area contributed by atoms with E-state index in [4.69, 9.17) is 64.8 Å². The van der Waals surface area contributed by atoms with Gasteiger partial charge in [0.05, 0.1) is 68.0 Å². The summed E-state index contributed by atoms with van der Waals surface area (Å²) in [5.41, 5.74) is 8.55. The Morgan fingerprint density at radius 1 is 0.741 bits per heavy atom. The van der Waals surface area contributed by atoms with Crippen molar-refractivity contribution in [2.75, 3.05) is 27.9 Å². The lowest BCUT2D eigenvalue weighted by Crippen LogP contribution is -2.48. The number of halogens is 2. The summed E-state index contributed by atoms with van der Waals surface area (Å²) in [6.07, 6.45) is -5.30. The van der Waals surface area contributed by atoms with Crippen LogP contribution in [0.1, 0.15) is 116 Å². The predicted octanol–water partition coefficient (Wildman–Crippen LogP) is 8.73. The summed E-state index contributed by atoms with van der Waals surface area (Å²) in [5.74, 6) is -8.82. The van der Waals surface area contributed by atoms with Crippen molar-refractivity contribution in [3.05, 3.63) is 122 Å². The van der Waals surface area contributed by atoms with Gasteiger partial charge in [-0.15, -0.1) is 0 Å². The number of aliphatic hydroxyl groups excluding tert-OH is 3. The lowest BCUT2D eigenvalue weighted by molar-refractivity contribution is -0.136. The van der Waals surface area contributed by atoms with Crippen molar-refractivity contribution in [2.24, 2.45) is 29.4 Å². The number of Topliss-reactive ketones (excluding diaryl/α,β-unsaturated/α-hetero) is 2. The van der Waals surface area contributed by atoms with Crippen LogP contribution in [0.5, 0.6) is 40.2 Å². The normalized spacial score (nSPS) is 22.6. The molecule has 5 aliphatic rings. The molecule has 0 radical (unpaired) electrons. The maximum Gasteiger partial charge on any atom is 0.227 e. The van der Waals surface area contributed by atoms with Crippen LogP contribution in [0.15, 0.2) is 78.9 Å². The minimum Gasteiger partial charge on any atom is -0.496 e. The van der Waals surface area contributed by atoms with E-state index in [0.717, 1.165) is 5.56 Å². The number of nitrogens with one attached hydrogen (secondary N) is 3. The molecule has 0 spiro atoms. The summed E-state index contributed by atoms with van der Waals surface area (Å²) in [6.45, 7) is 6.76. The van der Waals surface area contributed by atoms with Crippen LogP contribution < -0.4 is 45.4 Å². The second-order valence-corrected chi connectivity index (χ2v) is 22.5. The molecule has 18 nitrogen and oxygen atoms in total. The average Bonchev–Trinajstić information content (AvgIpc) is 3.48. The molecule has 9 atom stereocenters. The van der Waals surface area contributed by atoms with Crippen LogP contribution in [-0.2, 0) is 28.8 Å². The molecule has 0 saturated carbocycles. The highest BCUT2D eigenvalue weighted by molar-refractivity contribution is 7.80. The molecule has 0 saturated heterocycles. The number of fused-ring (bicyclic) bond motifs is 15. The zero-order valence-corrected chi connectivity index (χ0v) is 47.9. The second-order valence-electron chi connectivity index (χ2n) is 21.2. The topological polar surface area (TPSA) is 271 Å². The number of thiocarbonyl (C=S) groups is 1. The first-order valence-corrected chi connectivity index (χ1v) is 27.5. The third-order valence-corrected chi connectivity index (χ3v) is 15.9. The Kier molecular flexibility index (Phi) is 18.8. The van der Waals surface area contributed by atoms with Crippen LogP contribution in [0.3, 0.4) is 0 Å². The molecular formula is C60H64Cl2N4O14S. The van der Waals surface area contributed by atoms with Gasteiger partial charge in [0.2, 0.25) is 29.4 Å². The van der Waals surface area contributed by atoms with E-state index in [1.807, 2.05) is 20.8 Å². The molecular weight excluding hydrogens is 1100 g/mol. The molecule has 5 aromatic rings. The Morgan fingerprint density at radius 2 is 1.36 bits per heavy atom. The molecule has 8 N–H and O–H groups in total. The molecule has 428 valence electrons. The smallest absolute Gasteiger partial charge is 0.227 e. The van der Waals surface area contributed by atoms with Crippen LogP contribution in [0.25, 0.3) is 11.1 Å². The summed E-state index contributed by atoms with van der Waals surface area (Å²) < 4.78 is 30.9. The van der Waals surface area contributed by atoms with Gasteiger partial charge in [0.25, 0.3) is 0 Å². The Labute approximate surface area is 483 Å². The molecule has 0 aromatic heterocycles. The molecule has 5 aliphatic heterocycles. The highest BCUT2D eigenvalue weighted by atomic mass is 35.5. The van der Waals surface area contributed by atoms with Gasteiger partial charge in [-0.2, -0.15) is 0 Å². The van der Waals surface area contributed by atoms with Gasteiger partial charge in [-0.3, -0.25) is 28.8 Å². The Morgan fingerprint density at radius 3 is 1.93 bits per heavy atom. The van der Waals surface area contributed by atoms with Crippen LogP contribution >= 0.6 is 35.4 Å². The zero-order chi connectivity index (χ0) is 58.7. The molecule has 10 rings (SSSR count). The molecule has 21 heteroatoms. The molecule has 5 heterocycles. The Balaban J connectivity index is 1.38. The lowest BCUT2D eigenvalue weighted by atomic mass is 9.79. The van der Waals surface area contributed by atoms with E-state index in [2.05, 4.69) is 16.0 Å². The van der Waals surface area contributed by atoms with E-state index in [1.165, 1.54) is 69.9 Å². The molecule has 0 unspecified atom stereocenters. The average molecular weight is 1170 g/mol. The number of benzene rings is 5. The largest absolute Gasteiger partial charge is 0.496 e. The maximum absolute atomic E-state index is 15.5. The van der Waals surface area contributed by atoms with Crippen LogP contribution in [0, 0.1) is 30.6 Å². The van der Waals surface area contributed by atoms with E-state index in [-0.39, 0.29) is 72.7 Å². The predicted molar refractivity (Wildman–Crippen MR) is 305 cm³/mol. The monoisotopic (exact) mass is 1170 g/mol. The molecule has 11 bridgehead atoms. The first kappa shape index (κ1) is 60.0. The maximum atomic E-state index is 15.5. The number of aryl methyl sites for hydroxylation is 1. The quantitative estimate of drug-likeness (QED) is 0.0644. The van der Waals surface area contributed by atoms with Crippen LogP contribution in [0.2, 0.25) is 10.0 Å². The molecule has 5 aromatic carbocycles. The van der Waals surface area contributed by atoms with Crippen molar-refractivity contribution in [1.82, 2.24) is 16.0 Å². The number of amides is 4. The van der Waals surface area contributed by atoms with E-state index < -0.39 is 115 Å². The Hall–Kier alpha value is -7.13. The highest BCUT2D eigenvalue weighted by Gasteiger charge is 2.40. The SMILES string of the molecule is COc1ccc2cc1-c1c(OC)cc(C)cc1[C@@H](CO)NC(=O)[C@H]1CC(=O)[C@H]2CC(=S)[C@@H]2NC(=O)[C@H](CC(N)=O)CC(=O)[C@H](NC(=O)[C@H](C)CC(C)C)[C@H](O)c3ccc(c(Cl)c3)Oc3cc2cc(c3OC)Oc2ccc(cc2Cl)[C@H]1O. The number of carbonyl (C=O) groups is 6. The summed E-state index contributed by atoms with van der Waals surface area (Å²) in [4.78, 5) is 86.9. The minimum absolute atomic E-state index is 0.00967. The zero-order valence-electron chi connectivity index (χ0n) is 45.6. The fourth-order valence-corrected chi connectivity index (χ4v) is 11.7. The van der Waals surface area contributed by atoms with Gasteiger partial charge >= 0.3 is 0 Å². The highest BCUT2D eigenvalue weighted by Crippen LogP contribution is 2.49. The van der Waals surface area contributed by atoms with E-state index >= 15 is 9.59 Å². The van der Waals surface area contributed by atoms with E-state index in [1.54, 1.807) is 37.3 Å². The number of aliphatic hydroxyl groups is 3.